The van der Waals surface area contributed by atoms with Crippen LogP contribution in [0.5, 0.6) is 0 Å². The summed E-state index contributed by atoms with van der Waals surface area (Å²) in [7, 11) is 2.16. The molecule has 14 heavy (non-hydrogen) atoms. The topological polar surface area (TPSA) is 38.5 Å². The lowest BCUT2D eigenvalue weighted by molar-refractivity contribution is 0.0599. The summed E-state index contributed by atoms with van der Waals surface area (Å²) in [5.41, 5.74) is 5.62. The van der Waals surface area contributed by atoms with Gasteiger partial charge in [0.25, 0.3) is 0 Å². The lowest BCUT2D eigenvalue weighted by Gasteiger charge is -2.27. The van der Waals surface area contributed by atoms with Crippen molar-refractivity contribution in [2.24, 2.45) is 11.7 Å². The van der Waals surface area contributed by atoms with Crippen molar-refractivity contribution < 1.29 is 4.74 Å². The highest BCUT2D eigenvalue weighted by molar-refractivity contribution is 4.68. The van der Waals surface area contributed by atoms with Crippen molar-refractivity contribution in [3.8, 4) is 0 Å². The lowest BCUT2D eigenvalue weighted by Crippen LogP contribution is -2.36. The quantitative estimate of drug-likeness (QED) is 0.722. The Hall–Kier alpha value is -0.120. The summed E-state index contributed by atoms with van der Waals surface area (Å²) >= 11 is 0. The van der Waals surface area contributed by atoms with Crippen molar-refractivity contribution in [2.45, 2.75) is 32.2 Å². The van der Waals surface area contributed by atoms with E-state index in [4.69, 9.17) is 10.5 Å². The zero-order valence-corrected chi connectivity index (χ0v) is 9.54. The normalized spacial score (nSPS) is 21.4. The Morgan fingerprint density at radius 1 is 1.43 bits per heavy atom. The highest BCUT2D eigenvalue weighted by Gasteiger charge is 2.15. The molecule has 1 saturated heterocycles. The van der Waals surface area contributed by atoms with Crippen LogP contribution in [0.2, 0.25) is 0 Å². The summed E-state index contributed by atoms with van der Waals surface area (Å²) < 4.78 is 5.34. The van der Waals surface area contributed by atoms with E-state index in [1.165, 1.54) is 25.8 Å². The minimum Gasteiger partial charge on any atom is -0.381 e. The number of hydrogen-bond acceptors (Lipinski definition) is 3. The van der Waals surface area contributed by atoms with Crippen LogP contribution in [-0.4, -0.2) is 44.3 Å². The second-order valence-electron chi connectivity index (χ2n) is 4.41. The first kappa shape index (κ1) is 12.0. The molecule has 3 nitrogen and oxygen atoms in total. The molecule has 0 aromatic carbocycles. The number of nitrogens with zero attached hydrogens (tertiary/aromatic N) is 1. The van der Waals surface area contributed by atoms with Crippen LogP contribution in [0.25, 0.3) is 0 Å². The molecule has 1 heterocycles. The molecule has 2 N–H and O–H groups in total. The Morgan fingerprint density at radius 3 is 2.64 bits per heavy atom. The summed E-state index contributed by atoms with van der Waals surface area (Å²) in [6, 6.07) is 0.509. The predicted octanol–water partition coefficient (Wildman–Crippen LogP) is 1.08. The lowest BCUT2D eigenvalue weighted by atomic mass is 9.96. The van der Waals surface area contributed by atoms with Gasteiger partial charge in [-0.25, -0.2) is 0 Å². The molecular formula is C11H24N2O. The van der Waals surface area contributed by atoms with Gasteiger partial charge >= 0.3 is 0 Å². The number of rotatable bonds is 5. The maximum absolute atomic E-state index is 5.62. The van der Waals surface area contributed by atoms with Crippen LogP contribution in [-0.2, 0) is 4.74 Å². The zero-order chi connectivity index (χ0) is 10.4. The summed E-state index contributed by atoms with van der Waals surface area (Å²) in [5, 5.41) is 0. The van der Waals surface area contributed by atoms with Gasteiger partial charge in [0.05, 0.1) is 0 Å². The molecule has 1 fully saturated rings. The molecule has 0 aliphatic carbocycles. The molecule has 0 radical (unpaired) electrons. The highest BCUT2D eigenvalue weighted by Crippen LogP contribution is 2.18. The minimum atomic E-state index is 0.509. The van der Waals surface area contributed by atoms with Crippen LogP contribution >= 0.6 is 0 Å². The van der Waals surface area contributed by atoms with Crippen molar-refractivity contribution in [1.29, 1.82) is 0 Å². The third-order valence-corrected chi connectivity index (χ3v) is 3.32. The second kappa shape index (κ2) is 6.38. The molecule has 84 valence electrons. The Balaban J connectivity index is 2.12. The summed E-state index contributed by atoms with van der Waals surface area (Å²) in [6.07, 6.45) is 3.78. The highest BCUT2D eigenvalue weighted by atomic mass is 16.5. The van der Waals surface area contributed by atoms with Crippen LogP contribution in [0.3, 0.4) is 0 Å². The molecule has 1 aliphatic rings. The summed E-state index contributed by atoms with van der Waals surface area (Å²) in [5.74, 6) is 0.871. The first-order chi connectivity index (χ1) is 6.74. The molecule has 3 heteroatoms. The molecule has 1 unspecified atom stereocenters. The van der Waals surface area contributed by atoms with Gasteiger partial charge in [-0.1, -0.05) is 0 Å². The van der Waals surface area contributed by atoms with Gasteiger partial charge in [0.1, 0.15) is 0 Å². The molecule has 0 amide bonds. The van der Waals surface area contributed by atoms with Gasteiger partial charge in [-0.3, -0.25) is 0 Å². The fourth-order valence-electron chi connectivity index (χ4n) is 1.82. The first-order valence-electron chi connectivity index (χ1n) is 5.72. The van der Waals surface area contributed by atoms with Crippen molar-refractivity contribution >= 4 is 0 Å². The van der Waals surface area contributed by atoms with Gasteiger partial charge in [-0.2, -0.15) is 0 Å². The number of nitrogens with two attached hydrogens (primary N) is 1. The van der Waals surface area contributed by atoms with E-state index in [0.717, 1.165) is 25.7 Å². The zero-order valence-electron chi connectivity index (χ0n) is 9.54. The molecule has 0 saturated carbocycles. The third-order valence-electron chi connectivity index (χ3n) is 3.32. The van der Waals surface area contributed by atoms with E-state index in [2.05, 4.69) is 18.9 Å². The monoisotopic (exact) mass is 200 g/mol. The molecule has 0 bridgehead atoms. The van der Waals surface area contributed by atoms with Crippen LogP contribution in [0, 0.1) is 5.92 Å². The summed E-state index contributed by atoms with van der Waals surface area (Å²) in [6.45, 7) is 6.03. The van der Waals surface area contributed by atoms with Crippen LogP contribution in [0.1, 0.15) is 26.2 Å². The Labute approximate surface area is 87.6 Å². The third kappa shape index (κ3) is 3.95. The van der Waals surface area contributed by atoms with E-state index in [1.54, 1.807) is 0 Å². The van der Waals surface area contributed by atoms with E-state index in [0.29, 0.717) is 6.04 Å². The molecule has 1 aliphatic heterocycles. The largest absolute Gasteiger partial charge is 0.381 e. The second-order valence-corrected chi connectivity index (χ2v) is 4.41. The molecule has 1 atom stereocenters. The number of ether oxygens (including phenoxy) is 1. The van der Waals surface area contributed by atoms with Gasteiger partial charge in [-0.05, 0) is 45.7 Å². The molecular weight excluding hydrogens is 176 g/mol. The molecule has 0 spiro atoms. The fraction of sp³-hybridized carbons (Fsp3) is 1.00. The van der Waals surface area contributed by atoms with Gasteiger partial charge in [0.2, 0.25) is 0 Å². The van der Waals surface area contributed by atoms with E-state index in [-0.39, 0.29) is 0 Å². The number of likely N-dealkylation sites (N-methyl/N-ethyl adjacent to an activating group) is 1. The molecule has 0 aromatic heterocycles. The van der Waals surface area contributed by atoms with Crippen molar-refractivity contribution in [1.82, 2.24) is 4.90 Å². The van der Waals surface area contributed by atoms with E-state index in [9.17, 15) is 0 Å². The van der Waals surface area contributed by atoms with Crippen LogP contribution in [0.4, 0.5) is 0 Å². The van der Waals surface area contributed by atoms with Gasteiger partial charge in [0, 0.05) is 25.8 Å². The smallest absolute Gasteiger partial charge is 0.0468 e. The standard InChI is InChI=1S/C11H24N2O/c1-10(9-12)13(2)6-3-11-4-7-14-8-5-11/h10-11H,3-9,12H2,1-2H3. The van der Waals surface area contributed by atoms with Gasteiger partial charge in [-0.15, -0.1) is 0 Å². The maximum atomic E-state index is 5.62. The minimum absolute atomic E-state index is 0.509. The van der Waals surface area contributed by atoms with Crippen molar-refractivity contribution in [2.75, 3.05) is 33.4 Å². The van der Waals surface area contributed by atoms with Gasteiger partial charge < -0.3 is 15.4 Å². The molecule has 1 rings (SSSR count). The van der Waals surface area contributed by atoms with E-state index < -0.39 is 0 Å². The average molecular weight is 200 g/mol. The first-order valence-corrected chi connectivity index (χ1v) is 5.72. The number of hydrogen-bond donors (Lipinski definition) is 1. The van der Waals surface area contributed by atoms with E-state index >= 15 is 0 Å². The Morgan fingerprint density at radius 2 is 2.07 bits per heavy atom. The average Bonchev–Trinajstić information content (AvgIpc) is 2.26. The fourth-order valence-corrected chi connectivity index (χ4v) is 1.82. The Bertz CT molecular complexity index is 144. The SMILES string of the molecule is CC(CN)N(C)CCC1CCOCC1. The van der Waals surface area contributed by atoms with Crippen LogP contribution < -0.4 is 5.73 Å². The Kier molecular flexibility index (Phi) is 5.45. The summed E-state index contributed by atoms with van der Waals surface area (Å²) in [4.78, 5) is 2.36. The van der Waals surface area contributed by atoms with E-state index in [1.807, 2.05) is 0 Å². The van der Waals surface area contributed by atoms with Gasteiger partial charge in [0.15, 0.2) is 0 Å². The van der Waals surface area contributed by atoms with Crippen LogP contribution in [0.15, 0.2) is 0 Å². The van der Waals surface area contributed by atoms with Crippen molar-refractivity contribution in [3.05, 3.63) is 0 Å². The maximum Gasteiger partial charge on any atom is 0.0468 e. The van der Waals surface area contributed by atoms with Crippen molar-refractivity contribution in [3.63, 3.8) is 0 Å². The predicted molar refractivity (Wildman–Crippen MR) is 59.3 cm³/mol. The molecule has 0 aromatic rings.